The zero-order valence-electron chi connectivity index (χ0n) is 11.3. The first-order chi connectivity index (χ1) is 10.2. The second-order valence-electron chi connectivity index (χ2n) is 4.70. The molecular weight excluding hydrogens is 323 g/mol. The first-order valence-corrected chi connectivity index (χ1v) is 7.65. The summed E-state index contributed by atoms with van der Waals surface area (Å²) < 4.78 is 22.2. The highest BCUT2D eigenvalue weighted by molar-refractivity contribution is 7.46. The molecule has 1 aliphatic heterocycles. The minimum Gasteiger partial charge on any atom is -0.394 e. The van der Waals surface area contributed by atoms with E-state index in [1.54, 1.807) is 0 Å². The molecule has 1 fully saturated rings. The monoisotopic (exact) mass is 338 g/mol. The predicted molar refractivity (Wildman–Crippen MR) is 69.9 cm³/mol. The van der Waals surface area contributed by atoms with E-state index in [1.165, 1.54) is 7.05 Å². The van der Waals surface area contributed by atoms with Crippen LogP contribution in [0.3, 0.4) is 0 Å². The van der Waals surface area contributed by atoms with Crippen molar-refractivity contribution in [3.8, 4) is 0 Å². The summed E-state index contributed by atoms with van der Waals surface area (Å²) in [7, 11) is -3.73. The van der Waals surface area contributed by atoms with E-state index in [0.717, 1.165) is 21.4 Å². The van der Waals surface area contributed by atoms with E-state index in [4.69, 9.17) is 14.5 Å². The van der Waals surface area contributed by atoms with Gasteiger partial charge < -0.3 is 24.7 Å². The SMILES string of the molecule is Cn1c(=O)ccn([C@@H]2O[C@H](CO)[C@@H](OP(=O)(O)O)[C@H]2O)c1=O. The Morgan fingerprint density at radius 1 is 1.41 bits per heavy atom. The van der Waals surface area contributed by atoms with Gasteiger partial charge in [-0.1, -0.05) is 0 Å². The minimum atomic E-state index is -4.94. The van der Waals surface area contributed by atoms with Crippen LogP contribution in [-0.2, 0) is 20.9 Å². The summed E-state index contributed by atoms with van der Waals surface area (Å²) in [5.41, 5.74) is -1.37. The number of aromatic nitrogens is 2. The molecule has 0 aliphatic carbocycles. The van der Waals surface area contributed by atoms with Crippen LogP contribution in [0.5, 0.6) is 0 Å². The summed E-state index contributed by atoms with van der Waals surface area (Å²) in [5, 5.41) is 19.3. The van der Waals surface area contributed by atoms with Crippen molar-refractivity contribution in [1.29, 1.82) is 0 Å². The van der Waals surface area contributed by atoms with Crippen molar-refractivity contribution in [1.82, 2.24) is 9.13 Å². The molecule has 0 unspecified atom stereocenters. The molecule has 0 bridgehead atoms. The quantitative estimate of drug-likeness (QED) is 0.427. The molecule has 0 spiro atoms. The maximum Gasteiger partial charge on any atom is 0.470 e. The number of phosphoric acid groups is 1. The number of ether oxygens (including phenoxy) is 1. The molecule has 1 aromatic rings. The summed E-state index contributed by atoms with van der Waals surface area (Å²) in [6.07, 6.45) is -4.72. The Hall–Kier alpha value is -1.33. The number of aliphatic hydroxyl groups is 2. The molecule has 4 atom stereocenters. The third kappa shape index (κ3) is 3.20. The number of aliphatic hydroxyl groups excluding tert-OH is 2. The molecule has 0 saturated carbocycles. The van der Waals surface area contributed by atoms with E-state index in [1.807, 2.05) is 0 Å². The molecule has 22 heavy (non-hydrogen) atoms. The molecule has 0 aromatic carbocycles. The van der Waals surface area contributed by atoms with Crippen molar-refractivity contribution >= 4 is 7.82 Å². The van der Waals surface area contributed by atoms with Crippen LogP contribution in [-0.4, -0.2) is 54.1 Å². The Kier molecular flexibility index (Phi) is 4.68. The standard InChI is InChI=1S/C10H15N2O9P/c1-11-6(14)2-3-12(10(11)16)9-7(15)8(5(4-13)20-9)21-22(17,18)19/h2-3,5,7-9,13,15H,4H2,1H3,(H2,17,18,19)/t5-,7-,8-,9-/m1/s1. The Bertz CT molecular complexity index is 707. The van der Waals surface area contributed by atoms with E-state index in [9.17, 15) is 24.4 Å². The number of hydrogen-bond acceptors (Lipinski definition) is 7. The second kappa shape index (κ2) is 6.05. The first-order valence-electron chi connectivity index (χ1n) is 6.12. The molecule has 1 saturated heterocycles. The highest BCUT2D eigenvalue weighted by Gasteiger charge is 2.48. The van der Waals surface area contributed by atoms with Gasteiger partial charge in [0.25, 0.3) is 5.56 Å². The summed E-state index contributed by atoms with van der Waals surface area (Å²) in [6, 6.07) is 1.06. The number of hydrogen-bond donors (Lipinski definition) is 4. The topological polar surface area (TPSA) is 160 Å². The van der Waals surface area contributed by atoms with Crippen LogP contribution in [0.25, 0.3) is 0 Å². The zero-order valence-corrected chi connectivity index (χ0v) is 12.2. The van der Waals surface area contributed by atoms with Gasteiger partial charge in [0.1, 0.15) is 18.3 Å². The van der Waals surface area contributed by atoms with Crippen molar-refractivity contribution < 1.29 is 33.8 Å². The molecule has 1 aromatic heterocycles. The minimum absolute atomic E-state index is 0.574. The van der Waals surface area contributed by atoms with Crippen LogP contribution >= 0.6 is 7.82 Å². The predicted octanol–water partition coefficient (Wildman–Crippen LogP) is -2.72. The number of nitrogens with zero attached hydrogens (tertiary/aromatic N) is 2. The third-order valence-electron chi connectivity index (χ3n) is 3.24. The number of rotatable bonds is 4. The van der Waals surface area contributed by atoms with E-state index in [2.05, 4.69) is 4.52 Å². The Morgan fingerprint density at radius 2 is 2.05 bits per heavy atom. The summed E-state index contributed by atoms with van der Waals surface area (Å²) in [4.78, 5) is 41.0. The highest BCUT2D eigenvalue weighted by atomic mass is 31.2. The normalized spacial score (nSPS) is 29.0. The Balaban J connectivity index is 2.38. The van der Waals surface area contributed by atoms with Gasteiger partial charge in [-0.3, -0.25) is 18.5 Å². The van der Waals surface area contributed by atoms with Crippen LogP contribution in [0.2, 0.25) is 0 Å². The highest BCUT2D eigenvalue weighted by Crippen LogP contribution is 2.43. The van der Waals surface area contributed by atoms with Crippen LogP contribution in [0.15, 0.2) is 21.9 Å². The summed E-state index contributed by atoms with van der Waals surface area (Å²) >= 11 is 0. The lowest BCUT2D eigenvalue weighted by atomic mass is 10.1. The van der Waals surface area contributed by atoms with Crippen molar-refractivity contribution in [2.24, 2.45) is 7.05 Å². The summed E-state index contributed by atoms with van der Waals surface area (Å²) in [6.45, 7) is -0.696. The van der Waals surface area contributed by atoms with Crippen LogP contribution in [0.1, 0.15) is 6.23 Å². The lowest BCUT2D eigenvalue weighted by Crippen LogP contribution is -2.42. The maximum atomic E-state index is 12.0. The molecule has 12 heteroatoms. The Morgan fingerprint density at radius 3 is 2.59 bits per heavy atom. The van der Waals surface area contributed by atoms with Gasteiger partial charge in [-0.2, -0.15) is 0 Å². The molecule has 1 aliphatic rings. The van der Waals surface area contributed by atoms with Gasteiger partial charge in [-0.05, 0) is 0 Å². The molecule has 0 amide bonds. The average Bonchev–Trinajstić information content (AvgIpc) is 2.72. The van der Waals surface area contributed by atoms with Crippen molar-refractivity contribution in [2.45, 2.75) is 24.5 Å². The Labute approximate surface area is 123 Å². The van der Waals surface area contributed by atoms with Gasteiger partial charge >= 0.3 is 13.5 Å². The molecule has 4 N–H and O–H groups in total. The fraction of sp³-hybridized carbons (Fsp3) is 0.600. The van der Waals surface area contributed by atoms with Gasteiger partial charge in [0.2, 0.25) is 0 Å². The molecule has 2 rings (SSSR count). The maximum absolute atomic E-state index is 12.0. The van der Waals surface area contributed by atoms with Crippen molar-refractivity contribution in [3.63, 3.8) is 0 Å². The third-order valence-corrected chi connectivity index (χ3v) is 3.76. The fourth-order valence-corrected chi connectivity index (χ4v) is 2.74. The van der Waals surface area contributed by atoms with Crippen LogP contribution < -0.4 is 11.2 Å². The lowest BCUT2D eigenvalue weighted by molar-refractivity contribution is -0.0553. The molecule has 11 nitrogen and oxygen atoms in total. The van der Waals surface area contributed by atoms with Gasteiger partial charge in [0.05, 0.1) is 6.61 Å². The van der Waals surface area contributed by atoms with Gasteiger partial charge in [0.15, 0.2) is 6.23 Å². The number of phosphoric ester groups is 1. The van der Waals surface area contributed by atoms with Crippen LogP contribution in [0.4, 0.5) is 0 Å². The first kappa shape index (κ1) is 17.0. The average molecular weight is 338 g/mol. The molecule has 124 valence electrons. The van der Waals surface area contributed by atoms with Gasteiger partial charge in [-0.15, -0.1) is 0 Å². The molecular formula is C10H15N2O9P. The molecule has 2 heterocycles. The summed E-state index contributed by atoms with van der Waals surface area (Å²) in [5.74, 6) is 0. The van der Waals surface area contributed by atoms with E-state index in [0.29, 0.717) is 0 Å². The van der Waals surface area contributed by atoms with Crippen molar-refractivity contribution in [3.05, 3.63) is 33.1 Å². The van der Waals surface area contributed by atoms with E-state index < -0.39 is 50.2 Å². The van der Waals surface area contributed by atoms with Crippen molar-refractivity contribution in [2.75, 3.05) is 6.61 Å². The van der Waals surface area contributed by atoms with Gasteiger partial charge in [-0.25, -0.2) is 9.36 Å². The second-order valence-corrected chi connectivity index (χ2v) is 5.89. The van der Waals surface area contributed by atoms with Gasteiger partial charge in [0, 0.05) is 19.3 Å². The van der Waals surface area contributed by atoms with E-state index >= 15 is 0 Å². The fourth-order valence-electron chi connectivity index (χ4n) is 2.17. The van der Waals surface area contributed by atoms with Crippen LogP contribution in [0, 0.1) is 0 Å². The molecule has 0 radical (unpaired) electrons. The van der Waals surface area contributed by atoms with E-state index in [-0.39, 0.29) is 0 Å². The zero-order chi connectivity index (χ0) is 16.7. The largest absolute Gasteiger partial charge is 0.470 e. The smallest absolute Gasteiger partial charge is 0.394 e. The lowest BCUT2D eigenvalue weighted by Gasteiger charge is -2.20.